The van der Waals surface area contributed by atoms with Crippen LogP contribution in [0.2, 0.25) is 0 Å². The van der Waals surface area contributed by atoms with Crippen LogP contribution in [0.1, 0.15) is 33.0 Å². The topological polar surface area (TPSA) is 69.3 Å². The molecular formula is C24H18F5N3O3. The normalized spacial score (nSPS) is 11.1. The number of carbonyl (C=O) groups is 1. The molecule has 2 aromatic heterocycles. The van der Waals surface area contributed by atoms with Crippen LogP contribution in [-0.4, -0.2) is 15.7 Å². The van der Waals surface area contributed by atoms with Gasteiger partial charge in [0.25, 0.3) is 5.91 Å². The smallest absolute Gasteiger partial charge is 0.292 e. The average molecular weight is 491 g/mol. The Hall–Kier alpha value is -4.15. The first-order valence-electron chi connectivity index (χ1n) is 10.3. The third kappa shape index (κ3) is 5.03. The van der Waals surface area contributed by atoms with Gasteiger partial charge in [0.2, 0.25) is 5.82 Å². The van der Waals surface area contributed by atoms with E-state index in [9.17, 15) is 26.7 Å². The number of amides is 1. The minimum absolute atomic E-state index is 0.0246. The van der Waals surface area contributed by atoms with Gasteiger partial charge in [-0.3, -0.25) is 9.48 Å². The number of nitrogens with zero attached hydrogens (tertiary/aromatic N) is 2. The second-order valence-electron chi connectivity index (χ2n) is 7.72. The molecule has 0 unspecified atom stereocenters. The third-order valence-electron chi connectivity index (χ3n) is 5.10. The molecule has 0 saturated heterocycles. The van der Waals surface area contributed by atoms with Crippen LogP contribution in [0.5, 0.6) is 5.75 Å². The zero-order valence-corrected chi connectivity index (χ0v) is 18.5. The van der Waals surface area contributed by atoms with Gasteiger partial charge in [-0.25, -0.2) is 22.0 Å². The highest BCUT2D eigenvalue weighted by molar-refractivity contribution is 6.01. The Morgan fingerprint density at radius 3 is 2.37 bits per heavy atom. The van der Waals surface area contributed by atoms with Crippen molar-refractivity contribution in [3.8, 4) is 5.75 Å². The second-order valence-corrected chi connectivity index (χ2v) is 7.72. The number of carbonyl (C=O) groups excluding carboxylic acids is 1. The van der Waals surface area contributed by atoms with Crippen LogP contribution in [0.25, 0.3) is 0 Å². The van der Waals surface area contributed by atoms with Crippen molar-refractivity contribution in [1.82, 2.24) is 9.78 Å². The maximum atomic E-state index is 13.9. The lowest BCUT2D eigenvalue weighted by atomic mass is 10.1. The standard InChI is InChI=1S/C24H18F5N3O3/c1-12-3-4-13(2)17(9-12)34-11-14-5-6-16(35-14)24(33)30-18-7-8-32(31-18)10-15-19(25)21(27)23(29)22(28)20(15)26/h3-9H,10-11H2,1-2H3,(H,30,31,33). The Morgan fingerprint density at radius 1 is 0.971 bits per heavy atom. The minimum atomic E-state index is -2.24. The van der Waals surface area contributed by atoms with Crippen LogP contribution < -0.4 is 10.1 Å². The molecule has 0 atom stereocenters. The summed E-state index contributed by atoms with van der Waals surface area (Å²) in [6.07, 6.45) is 1.21. The van der Waals surface area contributed by atoms with Gasteiger partial charge in [0.15, 0.2) is 34.8 Å². The number of anilines is 1. The first kappa shape index (κ1) is 24.0. The summed E-state index contributed by atoms with van der Waals surface area (Å²) in [5.41, 5.74) is 0.924. The van der Waals surface area contributed by atoms with Gasteiger partial charge in [-0.1, -0.05) is 12.1 Å². The van der Waals surface area contributed by atoms with E-state index in [0.717, 1.165) is 15.8 Å². The molecule has 0 aliphatic carbocycles. The highest BCUT2D eigenvalue weighted by Gasteiger charge is 2.26. The maximum absolute atomic E-state index is 13.9. The monoisotopic (exact) mass is 491 g/mol. The predicted octanol–water partition coefficient (Wildman–Crippen LogP) is 5.67. The zero-order chi connectivity index (χ0) is 25.3. The van der Waals surface area contributed by atoms with E-state index < -0.39 is 47.1 Å². The summed E-state index contributed by atoms with van der Waals surface area (Å²) >= 11 is 0. The SMILES string of the molecule is Cc1ccc(C)c(OCc2ccc(C(=O)Nc3ccn(Cc4c(F)c(F)c(F)c(F)c4F)n3)o2)c1. The highest BCUT2D eigenvalue weighted by atomic mass is 19.2. The molecule has 0 spiro atoms. The largest absolute Gasteiger partial charge is 0.485 e. The van der Waals surface area contributed by atoms with E-state index in [0.29, 0.717) is 11.5 Å². The van der Waals surface area contributed by atoms with Crippen molar-refractivity contribution in [3.63, 3.8) is 0 Å². The van der Waals surface area contributed by atoms with Crippen molar-refractivity contribution < 1.29 is 35.9 Å². The molecule has 6 nitrogen and oxygen atoms in total. The van der Waals surface area contributed by atoms with E-state index in [2.05, 4.69) is 10.4 Å². The second kappa shape index (κ2) is 9.61. The van der Waals surface area contributed by atoms with Crippen molar-refractivity contribution in [2.75, 3.05) is 5.32 Å². The number of aryl methyl sites for hydroxylation is 2. The van der Waals surface area contributed by atoms with Gasteiger partial charge >= 0.3 is 0 Å². The minimum Gasteiger partial charge on any atom is -0.485 e. The summed E-state index contributed by atoms with van der Waals surface area (Å²) in [7, 11) is 0. The summed E-state index contributed by atoms with van der Waals surface area (Å²) in [5, 5.41) is 6.31. The van der Waals surface area contributed by atoms with E-state index in [-0.39, 0.29) is 18.2 Å². The first-order chi connectivity index (χ1) is 16.6. The van der Waals surface area contributed by atoms with Crippen LogP contribution in [0, 0.1) is 42.9 Å². The molecule has 0 fully saturated rings. The van der Waals surface area contributed by atoms with Gasteiger partial charge in [-0.05, 0) is 43.2 Å². The molecule has 0 saturated carbocycles. The Labute approximate surface area is 195 Å². The van der Waals surface area contributed by atoms with Gasteiger partial charge in [-0.15, -0.1) is 0 Å². The van der Waals surface area contributed by atoms with Crippen molar-refractivity contribution >= 4 is 11.7 Å². The summed E-state index contributed by atoms with van der Waals surface area (Å²) in [6, 6.07) is 10.1. The van der Waals surface area contributed by atoms with Gasteiger partial charge in [0.05, 0.1) is 12.1 Å². The van der Waals surface area contributed by atoms with E-state index in [4.69, 9.17) is 9.15 Å². The highest BCUT2D eigenvalue weighted by Crippen LogP contribution is 2.24. The molecule has 1 amide bonds. The van der Waals surface area contributed by atoms with Crippen molar-refractivity contribution in [3.05, 3.63) is 99.9 Å². The number of nitrogens with one attached hydrogen (secondary N) is 1. The lowest BCUT2D eigenvalue weighted by Gasteiger charge is -2.08. The van der Waals surface area contributed by atoms with Crippen molar-refractivity contribution in [2.45, 2.75) is 27.0 Å². The average Bonchev–Trinajstić information content (AvgIpc) is 3.49. The Kier molecular flexibility index (Phi) is 6.59. The molecule has 2 aromatic carbocycles. The third-order valence-corrected chi connectivity index (χ3v) is 5.10. The Morgan fingerprint density at radius 2 is 1.66 bits per heavy atom. The molecule has 0 aliphatic rings. The maximum Gasteiger partial charge on any atom is 0.292 e. The fourth-order valence-electron chi connectivity index (χ4n) is 3.23. The van der Waals surface area contributed by atoms with Crippen LogP contribution in [-0.2, 0) is 13.2 Å². The molecular weight excluding hydrogens is 473 g/mol. The van der Waals surface area contributed by atoms with Crippen molar-refractivity contribution in [1.29, 1.82) is 0 Å². The van der Waals surface area contributed by atoms with E-state index in [1.807, 2.05) is 32.0 Å². The molecule has 4 aromatic rings. The number of hydrogen-bond donors (Lipinski definition) is 1. The quantitative estimate of drug-likeness (QED) is 0.206. The Bertz CT molecular complexity index is 1380. The lowest BCUT2D eigenvalue weighted by Crippen LogP contribution is -2.13. The first-order valence-corrected chi connectivity index (χ1v) is 10.3. The predicted molar refractivity (Wildman–Crippen MR) is 114 cm³/mol. The summed E-state index contributed by atoms with van der Waals surface area (Å²) in [4.78, 5) is 12.4. The number of ether oxygens (including phenoxy) is 1. The van der Waals surface area contributed by atoms with Gasteiger partial charge < -0.3 is 14.5 Å². The molecule has 1 N–H and O–H groups in total. The van der Waals surface area contributed by atoms with Crippen LogP contribution >= 0.6 is 0 Å². The molecule has 0 bridgehead atoms. The molecule has 11 heteroatoms. The fourth-order valence-corrected chi connectivity index (χ4v) is 3.23. The molecule has 182 valence electrons. The fraction of sp³-hybridized carbons (Fsp3) is 0.167. The molecule has 35 heavy (non-hydrogen) atoms. The van der Waals surface area contributed by atoms with Crippen LogP contribution in [0.3, 0.4) is 0 Å². The number of halogens is 5. The van der Waals surface area contributed by atoms with E-state index >= 15 is 0 Å². The molecule has 2 heterocycles. The van der Waals surface area contributed by atoms with Crippen LogP contribution in [0.4, 0.5) is 27.8 Å². The number of furan rings is 1. The zero-order valence-electron chi connectivity index (χ0n) is 18.5. The van der Waals surface area contributed by atoms with Gasteiger partial charge in [-0.2, -0.15) is 5.10 Å². The molecule has 4 rings (SSSR count). The molecule has 0 radical (unpaired) electrons. The molecule has 0 aliphatic heterocycles. The van der Waals surface area contributed by atoms with Crippen LogP contribution in [0.15, 0.2) is 47.0 Å². The number of hydrogen-bond acceptors (Lipinski definition) is 4. The van der Waals surface area contributed by atoms with Gasteiger partial charge in [0.1, 0.15) is 18.1 Å². The summed E-state index contributed by atoms with van der Waals surface area (Å²) in [5.74, 6) is -9.88. The summed E-state index contributed by atoms with van der Waals surface area (Å²) in [6.45, 7) is 3.18. The number of aromatic nitrogens is 2. The lowest BCUT2D eigenvalue weighted by molar-refractivity contribution is 0.0992. The Balaban J connectivity index is 1.40. The number of rotatable bonds is 7. The summed E-state index contributed by atoms with van der Waals surface area (Å²) < 4.78 is 79.9. The van der Waals surface area contributed by atoms with E-state index in [1.54, 1.807) is 6.07 Å². The van der Waals surface area contributed by atoms with Crippen molar-refractivity contribution in [2.24, 2.45) is 0 Å². The van der Waals surface area contributed by atoms with Gasteiger partial charge in [0, 0.05) is 12.3 Å². The van der Waals surface area contributed by atoms with E-state index in [1.165, 1.54) is 18.3 Å². The number of benzene rings is 2.